The zero-order valence-electron chi connectivity index (χ0n) is 12.4. The first-order valence-corrected chi connectivity index (χ1v) is 7.29. The first-order valence-electron chi connectivity index (χ1n) is 7.29. The Morgan fingerprint density at radius 2 is 1.79 bits per heavy atom. The summed E-state index contributed by atoms with van der Waals surface area (Å²) in [7, 11) is 0. The Hall–Kier alpha value is -2.80. The van der Waals surface area contributed by atoms with E-state index in [1.807, 2.05) is 17.4 Å². The Morgan fingerprint density at radius 3 is 2.58 bits per heavy atom. The van der Waals surface area contributed by atoms with E-state index in [2.05, 4.69) is 5.32 Å². The minimum atomic E-state index is -1.25. The maximum Gasteiger partial charge on any atom is 0.313 e. The Bertz CT molecular complexity index is 810. The maximum atomic E-state index is 13.5. The molecule has 2 aromatic rings. The number of carbonyl (C=O) groups excluding carboxylic acids is 2. The van der Waals surface area contributed by atoms with E-state index in [0.717, 1.165) is 23.3 Å². The van der Waals surface area contributed by atoms with E-state index < -0.39 is 41.3 Å². The molecule has 3 N–H and O–H groups in total. The number of hydrogen-bond acceptors (Lipinski definition) is 3. The quantitative estimate of drug-likeness (QED) is 0.732. The van der Waals surface area contributed by atoms with E-state index in [0.29, 0.717) is 6.42 Å². The van der Waals surface area contributed by atoms with Gasteiger partial charge in [-0.15, -0.1) is 0 Å². The Labute approximate surface area is 136 Å². The Morgan fingerprint density at radius 1 is 1.04 bits per heavy atom. The predicted molar refractivity (Wildman–Crippen MR) is 82.0 cm³/mol. The number of aliphatic hydroxyl groups excluding tert-OH is 1. The number of fused-ring (bicyclic) bond motifs is 1. The Kier molecular flexibility index (Phi) is 4.26. The lowest BCUT2D eigenvalue weighted by Gasteiger charge is -2.17. The highest BCUT2D eigenvalue weighted by Crippen LogP contribution is 2.31. The van der Waals surface area contributed by atoms with E-state index in [1.54, 1.807) is 12.1 Å². The van der Waals surface area contributed by atoms with Crippen molar-refractivity contribution in [2.45, 2.75) is 18.6 Å². The van der Waals surface area contributed by atoms with Gasteiger partial charge < -0.3 is 15.7 Å². The van der Waals surface area contributed by atoms with Crippen molar-refractivity contribution in [3.05, 3.63) is 65.2 Å². The zero-order valence-corrected chi connectivity index (χ0v) is 12.4. The van der Waals surface area contributed by atoms with Crippen LogP contribution in [0.2, 0.25) is 0 Å². The molecule has 0 saturated carbocycles. The van der Waals surface area contributed by atoms with Crippen LogP contribution in [0.15, 0.2) is 42.5 Å². The van der Waals surface area contributed by atoms with Gasteiger partial charge in [-0.05, 0) is 23.3 Å². The molecule has 2 amide bonds. The van der Waals surface area contributed by atoms with Gasteiger partial charge in [0.25, 0.3) is 0 Å². The number of aliphatic hydroxyl groups is 1. The van der Waals surface area contributed by atoms with Gasteiger partial charge in [0, 0.05) is 6.42 Å². The fourth-order valence-electron chi connectivity index (χ4n) is 2.73. The van der Waals surface area contributed by atoms with E-state index in [1.165, 1.54) is 6.07 Å². The lowest BCUT2D eigenvalue weighted by Crippen LogP contribution is -2.40. The van der Waals surface area contributed by atoms with Crippen molar-refractivity contribution in [3.8, 4) is 0 Å². The molecule has 0 unspecified atom stereocenters. The van der Waals surface area contributed by atoms with Crippen molar-refractivity contribution in [2.75, 3.05) is 5.32 Å². The second kappa shape index (κ2) is 6.37. The number of hydrogen-bond donors (Lipinski definition) is 3. The summed E-state index contributed by atoms with van der Waals surface area (Å²) in [6.45, 7) is 0. The first-order chi connectivity index (χ1) is 11.5. The highest BCUT2D eigenvalue weighted by molar-refractivity contribution is 6.39. The highest BCUT2D eigenvalue weighted by atomic mass is 19.2. The van der Waals surface area contributed by atoms with Crippen LogP contribution < -0.4 is 10.6 Å². The molecule has 2 aromatic carbocycles. The second-order valence-electron chi connectivity index (χ2n) is 5.48. The summed E-state index contributed by atoms with van der Waals surface area (Å²) in [5.74, 6) is -4.56. The summed E-state index contributed by atoms with van der Waals surface area (Å²) >= 11 is 0. The van der Waals surface area contributed by atoms with Gasteiger partial charge >= 0.3 is 11.8 Å². The van der Waals surface area contributed by atoms with Crippen LogP contribution in [0.1, 0.15) is 17.2 Å². The molecule has 0 aliphatic heterocycles. The number of nitrogens with one attached hydrogen (secondary N) is 2. The molecule has 5 nitrogen and oxygen atoms in total. The molecule has 124 valence electrons. The van der Waals surface area contributed by atoms with E-state index in [9.17, 15) is 23.5 Å². The summed E-state index contributed by atoms with van der Waals surface area (Å²) in [6, 6.07) is 9.68. The van der Waals surface area contributed by atoms with Gasteiger partial charge in [0.15, 0.2) is 11.6 Å². The van der Waals surface area contributed by atoms with Gasteiger partial charge in [-0.3, -0.25) is 9.59 Å². The predicted octanol–water partition coefficient (Wildman–Crippen LogP) is 1.68. The number of amides is 2. The molecule has 0 aromatic heterocycles. The lowest BCUT2D eigenvalue weighted by atomic mass is 10.1. The minimum Gasteiger partial charge on any atom is -0.390 e. The van der Waals surface area contributed by atoms with Crippen LogP contribution in [0.5, 0.6) is 0 Å². The van der Waals surface area contributed by atoms with Crippen molar-refractivity contribution in [1.29, 1.82) is 0 Å². The molecule has 0 fully saturated rings. The molecule has 1 aliphatic carbocycles. The van der Waals surface area contributed by atoms with Gasteiger partial charge in [-0.2, -0.15) is 0 Å². The summed E-state index contributed by atoms with van der Waals surface area (Å²) in [5, 5.41) is 14.5. The molecule has 0 saturated heterocycles. The SMILES string of the molecule is O=C(Nc1cccc(F)c1F)C(=O)N[C@H]1c2ccccc2C[C@H]1O. The molecule has 1 aliphatic rings. The average Bonchev–Trinajstić information content (AvgIpc) is 2.87. The maximum absolute atomic E-state index is 13.5. The third-order valence-corrected chi connectivity index (χ3v) is 3.90. The summed E-state index contributed by atoms with van der Waals surface area (Å²) < 4.78 is 26.6. The first kappa shape index (κ1) is 16.1. The van der Waals surface area contributed by atoms with Crippen LogP contribution in [0, 0.1) is 11.6 Å². The molecule has 3 rings (SSSR count). The molecule has 0 spiro atoms. The molecule has 0 radical (unpaired) electrons. The van der Waals surface area contributed by atoms with Gasteiger partial charge in [-0.25, -0.2) is 8.78 Å². The summed E-state index contributed by atoms with van der Waals surface area (Å²) in [6.07, 6.45) is -0.494. The molecule has 0 heterocycles. The van der Waals surface area contributed by atoms with Crippen molar-refractivity contribution < 1.29 is 23.5 Å². The van der Waals surface area contributed by atoms with Crippen molar-refractivity contribution >= 4 is 17.5 Å². The summed E-state index contributed by atoms with van der Waals surface area (Å²) in [4.78, 5) is 23.9. The van der Waals surface area contributed by atoms with Crippen molar-refractivity contribution in [1.82, 2.24) is 5.32 Å². The van der Waals surface area contributed by atoms with Crippen molar-refractivity contribution in [2.24, 2.45) is 0 Å². The molecule has 0 bridgehead atoms. The molecule has 2 atom stereocenters. The fourth-order valence-corrected chi connectivity index (χ4v) is 2.73. The molecule has 24 heavy (non-hydrogen) atoms. The largest absolute Gasteiger partial charge is 0.390 e. The van der Waals surface area contributed by atoms with Crippen LogP contribution in [-0.4, -0.2) is 23.0 Å². The van der Waals surface area contributed by atoms with Crippen LogP contribution in [-0.2, 0) is 16.0 Å². The average molecular weight is 332 g/mol. The third-order valence-electron chi connectivity index (χ3n) is 3.90. The zero-order chi connectivity index (χ0) is 17.3. The van der Waals surface area contributed by atoms with Gasteiger partial charge in [0.2, 0.25) is 0 Å². The molecular weight excluding hydrogens is 318 g/mol. The van der Waals surface area contributed by atoms with Crippen molar-refractivity contribution in [3.63, 3.8) is 0 Å². The van der Waals surface area contributed by atoms with Crippen LogP contribution in [0.4, 0.5) is 14.5 Å². The van der Waals surface area contributed by atoms with E-state index in [4.69, 9.17) is 0 Å². The van der Waals surface area contributed by atoms with Crippen LogP contribution in [0.3, 0.4) is 0 Å². The standard InChI is InChI=1S/C17H14F2N2O3/c18-11-6-3-7-12(14(11)19)20-16(23)17(24)21-15-10-5-2-1-4-9(10)8-13(15)22/h1-7,13,15,22H,8H2,(H,20,23)(H,21,24)/t13-,15+/m1/s1. The van der Waals surface area contributed by atoms with Crippen LogP contribution in [0.25, 0.3) is 0 Å². The van der Waals surface area contributed by atoms with Crippen LogP contribution >= 0.6 is 0 Å². The minimum absolute atomic E-state index is 0.362. The number of halogens is 2. The van der Waals surface area contributed by atoms with Gasteiger partial charge in [0.05, 0.1) is 17.8 Å². The number of benzene rings is 2. The monoisotopic (exact) mass is 332 g/mol. The smallest absolute Gasteiger partial charge is 0.313 e. The highest BCUT2D eigenvalue weighted by Gasteiger charge is 2.33. The lowest BCUT2D eigenvalue weighted by molar-refractivity contribution is -0.137. The van der Waals surface area contributed by atoms with Gasteiger partial charge in [-0.1, -0.05) is 30.3 Å². The Balaban J connectivity index is 1.71. The topological polar surface area (TPSA) is 78.4 Å². The number of carbonyl (C=O) groups is 2. The molecular formula is C17H14F2N2O3. The second-order valence-corrected chi connectivity index (χ2v) is 5.48. The van der Waals surface area contributed by atoms with E-state index >= 15 is 0 Å². The molecule has 7 heteroatoms. The van der Waals surface area contributed by atoms with E-state index in [-0.39, 0.29) is 0 Å². The third kappa shape index (κ3) is 2.98. The normalized spacial score (nSPS) is 18.8. The number of anilines is 1. The van der Waals surface area contributed by atoms with Gasteiger partial charge in [0.1, 0.15) is 0 Å². The number of rotatable bonds is 2. The summed E-state index contributed by atoms with van der Waals surface area (Å²) in [5.41, 5.74) is 1.18. The fraction of sp³-hybridized carbons (Fsp3) is 0.176.